The number of amides is 1. The molecule has 1 aliphatic carbocycles. The van der Waals surface area contributed by atoms with Crippen molar-refractivity contribution in [2.75, 3.05) is 18.8 Å². The van der Waals surface area contributed by atoms with E-state index in [1.165, 1.54) is 0 Å². The zero-order chi connectivity index (χ0) is 18.4. The van der Waals surface area contributed by atoms with E-state index in [2.05, 4.69) is 20.5 Å². The number of carbonyl (C=O) groups is 1. The minimum absolute atomic E-state index is 0.161. The summed E-state index contributed by atoms with van der Waals surface area (Å²) in [6, 6.07) is 8.61. The van der Waals surface area contributed by atoms with Crippen molar-refractivity contribution in [3.8, 4) is 11.3 Å². The lowest BCUT2D eigenvalue weighted by Crippen LogP contribution is -2.58. The molecule has 4 aliphatic rings. The van der Waals surface area contributed by atoms with Gasteiger partial charge in [-0.05, 0) is 50.3 Å². The van der Waals surface area contributed by atoms with Gasteiger partial charge in [0.2, 0.25) is 5.91 Å². The van der Waals surface area contributed by atoms with Crippen LogP contribution in [-0.4, -0.2) is 51.0 Å². The van der Waals surface area contributed by atoms with Gasteiger partial charge in [0, 0.05) is 29.9 Å². The Morgan fingerprint density at radius 2 is 2.19 bits per heavy atom. The van der Waals surface area contributed by atoms with E-state index >= 15 is 0 Å². The molecule has 2 bridgehead atoms. The maximum Gasteiger partial charge on any atom is 0.224 e. The third-order valence-corrected chi connectivity index (χ3v) is 6.26. The highest BCUT2D eigenvalue weighted by molar-refractivity contribution is 5.80. The normalized spacial score (nSPS) is 29.6. The van der Waals surface area contributed by atoms with Crippen LogP contribution in [0.4, 0.5) is 5.69 Å². The van der Waals surface area contributed by atoms with Gasteiger partial charge in [-0.1, -0.05) is 17.3 Å². The monoisotopic (exact) mass is 366 g/mol. The summed E-state index contributed by atoms with van der Waals surface area (Å²) in [5, 5.41) is 11.8. The Morgan fingerprint density at radius 3 is 2.93 bits per heavy atom. The molecule has 3 N–H and O–H groups in total. The molecular formula is C20H26N6O. The Bertz CT molecular complexity index is 845. The summed E-state index contributed by atoms with van der Waals surface area (Å²) in [4.78, 5) is 15.0. The summed E-state index contributed by atoms with van der Waals surface area (Å²) in [5.41, 5.74) is 8.44. The van der Waals surface area contributed by atoms with E-state index in [9.17, 15) is 4.79 Å². The Balaban J connectivity index is 1.24. The number of piperidine rings is 3. The average molecular weight is 366 g/mol. The third kappa shape index (κ3) is 3.43. The van der Waals surface area contributed by atoms with Crippen LogP contribution >= 0.6 is 0 Å². The van der Waals surface area contributed by atoms with Crippen LogP contribution in [0.1, 0.15) is 25.7 Å². The second-order valence-corrected chi connectivity index (χ2v) is 8.27. The molecule has 0 spiro atoms. The van der Waals surface area contributed by atoms with Gasteiger partial charge in [-0.15, -0.1) is 5.10 Å². The van der Waals surface area contributed by atoms with E-state index in [-0.39, 0.29) is 11.8 Å². The summed E-state index contributed by atoms with van der Waals surface area (Å²) in [7, 11) is 0. The van der Waals surface area contributed by atoms with Crippen LogP contribution in [0.5, 0.6) is 0 Å². The van der Waals surface area contributed by atoms with Crippen LogP contribution in [-0.2, 0) is 11.3 Å². The molecule has 142 valence electrons. The predicted molar refractivity (Wildman–Crippen MR) is 103 cm³/mol. The first-order valence-electron chi connectivity index (χ1n) is 9.96. The molecule has 3 aliphatic heterocycles. The molecule has 1 aromatic heterocycles. The quantitative estimate of drug-likeness (QED) is 0.783. The number of carbonyl (C=O) groups excluding carboxylic acids is 1. The topological polar surface area (TPSA) is 89.1 Å². The van der Waals surface area contributed by atoms with E-state index in [0.29, 0.717) is 18.0 Å². The first-order chi connectivity index (χ1) is 13.2. The third-order valence-electron chi connectivity index (χ3n) is 6.26. The van der Waals surface area contributed by atoms with Crippen molar-refractivity contribution in [3.63, 3.8) is 0 Å². The molecule has 2 aromatic rings. The highest BCUT2D eigenvalue weighted by atomic mass is 16.2. The number of rotatable bonds is 5. The van der Waals surface area contributed by atoms with Crippen molar-refractivity contribution in [1.29, 1.82) is 0 Å². The number of nitrogen functional groups attached to an aromatic ring is 1. The summed E-state index contributed by atoms with van der Waals surface area (Å²) >= 11 is 0. The molecule has 1 amide bonds. The Labute approximate surface area is 158 Å². The van der Waals surface area contributed by atoms with Gasteiger partial charge < -0.3 is 11.1 Å². The van der Waals surface area contributed by atoms with Gasteiger partial charge in [0.05, 0.1) is 18.7 Å². The summed E-state index contributed by atoms with van der Waals surface area (Å²) in [5.74, 6) is 0.931. The highest BCUT2D eigenvalue weighted by Crippen LogP contribution is 2.37. The zero-order valence-electron chi connectivity index (χ0n) is 15.4. The fraction of sp³-hybridized carbons (Fsp3) is 0.550. The van der Waals surface area contributed by atoms with Crippen LogP contribution < -0.4 is 11.1 Å². The standard InChI is InChI=1S/C20H26N6O/c21-15-3-1-2-14(8-15)19-12-26(24-23-19)10-17-9-13-6-7-25(17)11-18(13)20(27)22-16-4-5-16/h1-3,8,12-13,16-18H,4-7,9-11,21H2,(H,22,27)/t13-,17+,18-/m0/s1. The van der Waals surface area contributed by atoms with Gasteiger partial charge in [-0.25, -0.2) is 0 Å². The van der Waals surface area contributed by atoms with Crippen molar-refractivity contribution < 1.29 is 4.79 Å². The van der Waals surface area contributed by atoms with E-state index < -0.39 is 0 Å². The summed E-state index contributed by atoms with van der Waals surface area (Å²) in [6.07, 6.45) is 6.49. The fourth-order valence-corrected chi connectivity index (χ4v) is 4.59. The van der Waals surface area contributed by atoms with Crippen LogP contribution in [0.25, 0.3) is 11.3 Å². The summed E-state index contributed by atoms with van der Waals surface area (Å²) < 4.78 is 1.93. The molecule has 6 rings (SSSR count). The van der Waals surface area contributed by atoms with Gasteiger partial charge in [-0.3, -0.25) is 14.4 Å². The Hall–Kier alpha value is -2.41. The molecule has 1 aromatic carbocycles. The second kappa shape index (κ2) is 6.64. The van der Waals surface area contributed by atoms with Gasteiger partial charge in [-0.2, -0.15) is 0 Å². The number of hydrogen-bond acceptors (Lipinski definition) is 5. The maximum absolute atomic E-state index is 12.5. The molecule has 7 nitrogen and oxygen atoms in total. The number of anilines is 1. The highest BCUT2D eigenvalue weighted by Gasteiger charge is 2.44. The Kier molecular flexibility index (Phi) is 4.11. The number of benzene rings is 1. The number of aromatic nitrogens is 3. The van der Waals surface area contributed by atoms with Crippen molar-refractivity contribution in [2.24, 2.45) is 11.8 Å². The smallest absolute Gasteiger partial charge is 0.224 e. The zero-order valence-corrected chi connectivity index (χ0v) is 15.4. The van der Waals surface area contributed by atoms with Crippen molar-refractivity contribution in [2.45, 2.75) is 44.3 Å². The molecular weight excluding hydrogens is 340 g/mol. The molecule has 1 saturated carbocycles. The van der Waals surface area contributed by atoms with E-state index in [1.54, 1.807) is 0 Å². The molecule has 4 heterocycles. The average Bonchev–Trinajstić information content (AvgIpc) is 3.37. The second-order valence-electron chi connectivity index (χ2n) is 8.27. The SMILES string of the molecule is Nc1cccc(-c2cn(C[C@H]3C[C@@H]4CCN3C[C@@H]4C(=O)NC3CC3)nn2)c1. The Morgan fingerprint density at radius 1 is 1.30 bits per heavy atom. The molecule has 27 heavy (non-hydrogen) atoms. The minimum atomic E-state index is 0.161. The number of nitrogens with one attached hydrogen (secondary N) is 1. The van der Waals surface area contributed by atoms with Crippen LogP contribution in [0.3, 0.4) is 0 Å². The lowest BCUT2D eigenvalue weighted by atomic mass is 9.75. The van der Waals surface area contributed by atoms with E-state index in [1.807, 2.05) is 35.1 Å². The van der Waals surface area contributed by atoms with Crippen LogP contribution in [0.15, 0.2) is 30.5 Å². The van der Waals surface area contributed by atoms with Gasteiger partial charge >= 0.3 is 0 Å². The maximum atomic E-state index is 12.5. The first kappa shape index (κ1) is 16.7. The van der Waals surface area contributed by atoms with E-state index in [0.717, 1.165) is 62.3 Å². The van der Waals surface area contributed by atoms with Crippen LogP contribution in [0.2, 0.25) is 0 Å². The molecule has 7 heteroatoms. The van der Waals surface area contributed by atoms with E-state index in [4.69, 9.17) is 5.73 Å². The molecule has 0 radical (unpaired) electrons. The first-order valence-corrected chi connectivity index (χ1v) is 9.96. The number of hydrogen-bond donors (Lipinski definition) is 2. The summed E-state index contributed by atoms with van der Waals surface area (Å²) in [6.45, 7) is 2.78. The predicted octanol–water partition coefficient (Wildman–Crippen LogP) is 1.52. The molecule has 1 unspecified atom stereocenters. The lowest BCUT2D eigenvalue weighted by molar-refractivity contribution is -0.133. The number of nitrogens with zero attached hydrogens (tertiary/aromatic N) is 4. The molecule has 4 fully saturated rings. The van der Waals surface area contributed by atoms with Gasteiger partial charge in [0.1, 0.15) is 5.69 Å². The largest absolute Gasteiger partial charge is 0.399 e. The van der Waals surface area contributed by atoms with Crippen molar-refractivity contribution >= 4 is 11.6 Å². The van der Waals surface area contributed by atoms with Gasteiger partial charge in [0.25, 0.3) is 0 Å². The van der Waals surface area contributed by atoms with Crippen LogP contribution in [0, 0.1) is 11.8 Å². The molecule has 3 saturated heterocycles. The molecule has 4 atom stereocenters. The minimum Gasteiger partial charge on any atom is -0.399 e. The van der Waals surface area contributed by atoms with Crippen molar-refractivity contribution in [3.05, 3.63) is 30.5 Å². The lowest BCUT2D eigenvalue weighted by Gasteiger charge is -2.49. The van der Waals surface area contributed by atoms with Gasteiger partial charge in [0.15, 0.2) is 0 Å². The number of fused-ring (bicyclic) bond motifs is 3. The fourth-order valence-electron chi connectivity index (χ4n) is 4.59. The van der Waals surface area contributed by atoms with Crippen molar-refractivity contribution in [1.82, 2.24) is 25.2 Å². The number of nitrogens with two attached hydrogens (primary N) is 1.